The number of sulfonamides is 1. The second-order valence-electron chi connectivity index (χ2n) is 7.04. The molecular formula is C21H23N3O3S. The van der Waals surface area contributed by atoms with Crippen LogP contribution in [0.25, 0.3) is 10.9 Å². The van der Waals surface area contributed by atoms with E-state index in [0.29, 0.717) is 6.54 Å². The molecule has 2 aromatic carbocycles. The molecule has 4 rings (SSSR count). The first-order chi connectivity index (χ1) is 13.5. The van der Waals surface area contributed by atoms with Crippen LogP contribution in [-0.2, 0) is 21.2 Å². The Kier molecular flexibility index (Phi) is 4.95. The van der Waals surface area contributed by atoms with Crippen LogP contribution < -0.4 is 4.72 Å². The number of aromatic amines is 1. The minimum absolute atomic E-state index is 0.0485. The first-order valence-corrected chi connectivity index (χ1v) is 10.9. The average molecular weight is 398 g/mol. The third kappa shape index (κ3) is 3.43. The topological polar surface area (TPSA) is 82.3 Å². The molecule has 0 fully saturated rings. The van der Waals surface area contributed by atoms with Gasteiger partial charge in [0.1, 0.15) is 0 Å². The van der Waals surface area contributed by atoms with Crippen LogP contribution in [0.2, 0.25) is 0 Å². The Morgan fingerprint density at radius 1 is 1.14 bits per heavy atom. The predicted octanol–water partition coefficient (Wildman–Crippen LogP) is 2.98. The molecule has 0 spiro atoms. The summed E-state index contributed by atoms with van der Waals surface area (Å²) in [5.74, 6) is -0.0485. The number of carbonyl (C=O) groups excluding carboxylic acids is 1. The van der Waals surface area contributed by atoms with Gasteiger partial charge in [0.15, 0.2) is 0 Å². The number of carbonyl (C=O) groups is 1. The van der Waals surface area contributed by atoms with Crippen molar-refractivity contribution in [2.45, 2.75) is 30.7 Å². The third-order valence-corrected chi connectivity index (χ3v) is 6.82. The van der Waals surface area contributed by atoms with Crippen molar-refractivity contribution in [1.82, 2.24) is 14.6 Å². The number of fused-ring (bicyclic) bond motifs is 3. The van der Waals surface area contributed by atoms with Gasteiger partial charge in [-0.25, -0.2) is 13.1 Å². The van der Waals surface area contributed by atoms with Gasteiger partial charge < -0.3 is 9.88 Å². The molecule has 0 saturated carbocycles. The zero-order chi connectivity index (χ0) is 19.7. The number of para-hydroxylation sites is 1. The van der Waals surface area contributed by atoms with Crippen molar-refractivity contribution in [3.63, 3.8) is 0 Å². The van der Waals surface area contributed by atoms with Gasteiger partial charge in [-0.1, -0.05) is 36.4 Å². The summed E-state index contributed by atoms with van der Waals surface area (Å²) < 4.78 is 27.1. The number of H-pyrrole nitrogens is 1. The molecule has 2 heterocycles. The van der Waals surface area contributed by atoms with Crippen molar-refractivity contribution in [2.24, 2.45) is 0 Å². The Balaban J connectivity index is 1.42. The fraction of sp³-hybridized carbons (Fsp3) is 0.286. The summed E-state index contributed by atoms with van der Waals surface area (Å²) in [5.41, 5.74) is 3.44. The Morgan fingerprint density at radius 2 is 1.86 bits per heavy atom. The Bertz CT molecular complexity index is 1110. The average Bonchev–Trinajstić information content (AvgIpc) is 3.08. The number of hydrogen-bond acceptors (Lipinski definition) is 3. The smallest absolute Gasteiger partial charge is 0.240 e. The molecule has 7 heteroatoms. The van der Waals surface area contributed by atoms with Crippen LogP contribution in [0.5, 0.6) is 0 Å². The molecule has 1 aromatic heterocycles. The van der Waals surface area contributed by atoms with E-state index in [-0.39, 0.29) is 29.8 Å². The van der Waals surface area contributed by atoms with E-state index < -0.39 is 10.0 Å². The van der Waals surface area contributed by atoms with Gasteiger partial charge in [-0.2, -0.15) is 0 Å². The number of hydrogen-bond donors (Lipinski definition) is 2. The summed E-state index contributed by atoms with van der Waals surface area (Å²) in [6.45, 7) is 2.73. The maximum Gasteiger partial charge on any atom is 0.240 e. The van der Waals surface area contributed by atoms with Gasteiger partial charge in [-0.05, 0) is 37.1 Å². The van der Waals surface area contributed by atoms with E-state index in [0.717, 1.165) is 17.6 Å². The van der Waals surface area contributed by atoms with Gasteiger partial charge in [0, 0.05) is 36.1 Å². The van der Waals surface area contributed by atoms with Crippen molar-refractivity contribution in [3.05, 3.63) is 65.9 Å². The normalized spacial score (nSPS) is 16.9. The molecule has 1 aliphatic rings. The molecule has 0 saturated heterocycles. The molecule has 1 amide bonds. The van der Waals surface area contributed by atoms with Gasteiger partial charge in [-0.15, -0.1) is 0 Å². The standard InChI is InChI=1S/C21H23N3O3S/c1-15-21-18(17-9-5-6-10-19(17)23-21)12-14-24(15)20(25)11-13-22-28(26,27)16-7-3-2-4-8-16/h2-10,15,22-23H,11-14H2,1H3/t15-/m1/s1. The Hall–Kier alpha value is -2.64. The van der Waals surface area contributed by atoms with Gasteiger partial charge in [-0.3, -0.25) is 4.79 Å². The van der Waals surface area contributed by atoms with Gasteiger partial charge in [0.2, 0.25) is 15.9 Å². The summed E-state index contributed by atoms with van der Waals surface area (Å²) >= 11 is 0. The van der Waals surface area contributed by atoms with Gasteiger partial charge in [0.05, 0.1) is 10.9 Å². The maximum absolute atomic E-state index is 12.7. The maximum atomic E-state index is 12.7. The number of rotatable bonds is 5. The Morgan fingerprint density at radius 3 is 2.64 bits per heavy atom. The van der Waals surface area contributed by atoms with Gasteiger partial charge >= 0.3 is 0 Å². The number of nitrogens with zero attached hydrogens (tertiary/aromatic N) is 1. The highest BCUT2D eigenvalue weighted by atomic mass is 32.2. The Labute approximate surface area is 164 Å². The fourth-order valence-electron chi connectivity index (χ4n) is 3.89. The molecule has 0 radical (unpaired) electrons. The number of aromatic nitrogens is 1. The predicted molar refractivity (Wildman–Crippen MR) is 108 cm³/mol. The van der Waals surface area contributed by atoms with E-state index >= 15 is 0 Å². The second kappa shape index (κ2) is 7.41. The fourth-order valence-corrected chi connectivity index (χ4v) is 4.94. The lowest BCUT2D eigenvalue weighted by Crippen LogP contribution is -2.40. The molecule has 3 aromatic rings. The lowest BCUT2D eigenvalue weighted by molar-refractivity contribution is -0.133. The van der Waals surface area contributed by atoms with Crippen LogP contribution in [0.4, 0.5) is 0 Å². The highest BCUT2D eigenvalue weighted by molar-refractivity contribution is 7.89. The van der Waals surface area contributed by atoms with E-state index in [9.17, 15) is 13.2 Å². The van der Waals surface area contributed by atoms with Crippen LogP contribution in [0, 0.1) is 0 Å². The summed E-state index contributed by atoms with van der Waals surface area (Å²) in [4.78, 5) is 18.2. The molecule has 146 valence electrons. The quantitative estimate of drug-likeness (QED) is 0.694. The zero-order valence-electron chi connectivity index (χ0n) is 15.7. The molecule has 0 unspecified atom stereocenters. The first kappa shape index (κ1) is 18.7. The highest BCUT2D eigenvalue weighted by Gasteiger charge is 2.30. The largest absolute Gasteiger partial charge is 0.356 e. The first-order valence-electron chi connectivity index (χ1n) is 9.41. The van der Waals surface area contributed by atoms with Crippen molar-refractivity contribution in [3.8, 4) is 0 Å². The second-order valence-corrected chi connectivity index (χ2v) is 8.80. The number of benzene rings is 2. The molecule has 6 nitrogen and oxygen atoms in total. The molecule has 1 aliphatic heterocycles. The lowest BCUT2D eigenvalue weighted by Gasteiger charge is -2.33. The summed E-state index contributed by atoms with van der Waals surface area (Å²) in [5, 5.41) is 1.21. The highest BCUT2D eigenvalue weighted by Crippen LogP contribution is 2.34. The van der Waals surface area contributed by atoms with Crippen LogP contribution >= 0.6 is 0 Å². The van der Waals surface area contributed by atoms with Crippen molar-refractivity contribution < 1.29 is 13.2 Å². The minimum atomic E-state index is -3.59. The van der Waals surface area contributed by atoms with Crippen LogP contribution in [0.3, 0.4) is 0 Å². The summed E-state index contributed by atoms with van der Waals surface area (Å²) in [7, 11) is -3.59. The third-order valence-electron chi connectivity index (χ3n) is 5.34. The van der Waals surface area contributed by atoms with E-state index in [2.05, 4.69) is 15.8 Å². The van der Waals surface area contributed by atoms with Crippen molar-refractivity contribution in [2.75, 3.05) is 13.1 Å². The van der Waals surface area contributed by atoms with E-state index in [4.69, 9.17) is 0 Å². The SMILES string of the molecule is C[C@@H]1c2[nH]c3ccccc3c2CCN1C(=O)CCNS(=O)(=O)c1ccccc1. The minimum Gasteiger partial charge on any atom is -0.356 e. The van der Waals surface area contributed by atoms with Crippen LogP contribution in [0.15, 0.2) is 59.5 Å². The molecule has 2 N–H and O–H groups in total. The van der Waals surface area contributed by atoms with Crippen molar-refractivity contribution in [1.29, 1.82) is 0 Å². The van der Waals surface area contributed by atoms with Crippen molar-refractivity contribution >= 4 is 26.8 Å². The lowest BCUT2D eigenvalue weighted by atomic mass is 9.98. The number of amides is 1. The number of nitrogens with one attached hydrogen (secondary N) is 2. The van der Waals surface area contributed by atoms with Gasteiger partial charge in [0.25, 0.3) is 0 Å². The molecular weight excluding hydrogens is 374 g/mol. The van der Waals surface area contributed by atoms with Crippen LogP contribution in [0.1, 0.15) is 30.6 Å². The summed E-state index contributed by atoms with van der Waals surface area (Å²) in [6, 6.07) is 16.3. The summed E-state index contributed by atoms with van der Waals surface area (Å²) in [6.07, 6.45) is 0.928. The zero-order valence-corrected chi connectivity index (χ0v) is 16.5. The molecule has 0 aliphatic carbocycles. The molecule has 1 atom stereocenters. The van der Waals surface area contributed by atoms with E-state index in [1.54, 1.807) is 18.2 Å². The van der Waals surface area contributed by atoms with E-state index in [1.807, 2.05) is 30.0 Å². The van der Waals surface area contributed by atoms with E-state index in [1.165, 1.54) is 23.1 Å². The molecule has 28 heavy (non-hydrogen) atoms. The molecule has 0 bridgehead atoms. The van der Waals surface area contributed by atoms with Crippen LogP contribution in [-0.4, -0.2) is 37.3 Å². The monoisotopic (exact) mass is 397 g/mol.